The van der Waals surface area contributed by atoms with Crippen LogP contribution in [0.25, 0.3) is 0 Å². The van der Waals surface area contributed by atoms with Gasteiger partial charge in [-0.25, -0.2) is 9.18 Å². The zero-order chi connectivity index (χ0) is 17.2. The van der Waals surface area contributed by atoms with Crippen LogP contribution in [0.5, 0.6) is 0 Å². The van der Waals surface area contributed by atoms with Crippen LogP contribution in [-0.4, -0.2) is 45.9 Å². The molecule has 2 rings (SSSR count). The van der Waals surface area contributed by atoms with Crippen LogP contribution in [0, 0.1) is 12.7 Å². The third-order valence-corrected chi connectivity index (χ3v) is 3.77. The Labute approximate surface area is 131 Å². The van der Waals surface area contributed by atoms with Crippen molar-refractivity contribution in [2.45, 2.75) is 51.0 Å². The quantitative estimate of drug-likeness (QED) is 0.758. The number of hydrogen-bond donors (Lipinski definition) is 2. The molecule has 23 heavy (non-hydrogen) atoms. The van der Waals surface area contributed by atoms with Crippen molar-refractivity contribution in [3.8, 4) is 0 Å². The Kier molecular flexibility index (Phi) is 5.43. The highest BCUT2D eigenvalue weighted by atomic mass is 19.3. The number of unbranched alkanes of at least 4 members (excludes halogenated alkanes) is 1. The Bertz CT molecular complexity index is 609. The molecule has 0 radical (unpaired) electrons. The maximum atomic E-state index is 14.2. The molecule has 1 aliphatic rings. The molecule has 2 N–H and O–H groups in total. The minimum absolute atomic E-state index is 0.00375. The molecule has 0 aromatic carbocycles. The van der Waals surface area contributed by atoms with Gasteiger partial charge < -0.3 is 15.2 Å². The Hall–Kier alpha value is -1.45. The minimum atomic E-state index is -3.73. The van der Waals surface area contributed by atoms with E-state index in [-0.39, 0.29) is 12.2 Å². The fourth-order valence-corrected chi connectivity index (χ4v) is 2.37. The van der Waals surface area contributed by atoms with Gasteiger partial charge in [0.05, 0.1) is 5.69 Å². The van der Waals surface area contributed by atoms with Crippen LogP contribution < -0.4 is 11.0 Å². The largest absolute Gasteiger partial charge is 0.384 e. The number of aliphatic hydroxyl groups excluding tert-OH is 1. The van der Waals surface area contributed by atoms with Gasteiger partial charge in [0, 0.05) is 12.7 Å². The van der Waals surface area contributed by atoms with Crippen LogP contribution in [0.15, 0.2) is 11.0 Å². The molecule has 6 nitrogen and oxygen atoms in total. The van der Waals surface area contributed by atoms with Crippen molar-refractivity contribution in [1.82, 2.24) is 14.9 Å². The molecule has 3 atom stereocenters. The molecule has 0 unspecified atom stereocenters. The number of aryl methyl sites for hydroxylation is 1. The molecular weight excluding hydrogens is 315 g/mol. The van der Waals surface area contributed by atoms with Crippen LogP contribution in [0.4, 0.5) is 13.2 Å². The minimum Gasteiger partial charge on any atom is -0.384 e. The molecule has 1 saturated heterocycles. The number of alkyl halides is 2. The van der Waals surface area contributed by atoms with Crippen molar-refractivity contribution < 1.29 is 23.0 Å². The molecule has 9 heteroatoms. The molecule has 1 fully saturated rings. The number of aromatic nitrogens is 2. The van der Waals surface area contributed by atoms with Gasteiger partial charge in [-0.3, -0.25) is 4.57 Å². The second kappa shape index (κ2) is 6.98. The van der Waals surface area contributed by atoms with Crippen molar-refractivity contribution in [2.24, 2.45) is 0 Å². The molecule has 0 spiro atoms. The van der Waals surface area contributed by atoms with E-state index in [0.29, 0.717) is 17.3 Å². The average molecular weight is 335 g/mol. The summed E-state index contributed by atoms with van der Waals surface area (Å²) >= 11 is 0. The summed E-state index contributed by atoms with van der Waals surface area (Å²) in [4.78, 5) is 15.1. The van der Waals surface area contributed by atoms with E-state index in [4.69, 9.17) is 4.74 Å². The predicted octanol–water partition coefficient (Wildman–Crippen LogP) is 0.974. The Morgan fingerprint density at radius 2 is 2.22 bits per heavy atom. The van der Waals surface area contributed by atoms with Gasteiger partial charge in [-0.05, 0) is 19.9 Å². The third kappa shape index (κ3) is 3.56. The first-order chi connectivity index (χ1) is 10.8. The maximum Gasteiger partial charge on any atom is 0.350 e. The van der Waals surface area contributed by atoms with Crippen LogP contribution in [0.2, 0.25) is 0 Å². The van der Waals surface area contributed by atoms with Crippen molar-refractivity contribution in [2.75, 3.05) is 13.1 Å². The standard InChI is InChI=1S/C14H20F3N3O3/c1-3-4-5-18-6-10-11(21)14(16,17)12(23-10)20-7-9(15)8(2)19-13(20)22/h7,10-12,18,21H,3-6H2,1-2H3/t10-,11-,12-/m1/s1. The van der Waals surface area contributed by atoms with Gasteiger partial charge in [0.25, 0.3) is 0 Å². The number of rotatable bonds is 6. The second-order valence-electron chi connectivity index (χ2n) is 5.57. The normalized spacial score (nSPS) is 26.6. The molecule has 1 aliphatic heterocycles. The van der Waals surface area contributed by atoms with Crippen molar-refractivity contribution in [1.29, 1.82) is 0 Å². The first-order valence-corrected chi connectivity index (χ1v) is 7.46. The van der Waals surface area contributed by atoms with E-state index in [0.717, 1.165) is 12.8 Å². The van der Waals surface area contributed by atoms with Crippen LogP contribution >= 0.6 is 0 Å². The second-order valence-corrected chi connectivity index (χ2v) is 5.57. The monoisotopic (exact) mass is 335 g/mol. The van der Waals surface area contributed by atoms with E-state index in [9.17, 15) is 23.1 Å². The molecule has 1 aromatic heterocycles. The molecule has 130 valence electrons. The Morgan fingerprint density at radius 1 is 1.52 bits per heavy atom. The van der Waals surface area contributed by atoms with Gasteiger partial charge >= 0.3 is 11.6 Å². The van der Waals surface area contributed by atoms with Gasteiger partial charge in [0.15, 0.2) is 5.82 Å². The number of ether oxygens (including phenoxy) is 1. The van der Waals surface area contributed by atoms with Crippen molar-refractivity contribution >= 4 is 0 Å². The lowest BCUT2D eigenvalue weighted by Gasteiger charge is -2.21. The number of nitrogens with zero attached hydrogens (tertiary/aromatic N) is 2. The third-order valence-electron chi connectivity index (χ3n) is 3.77. The van der Waals surface area contributed by atoms with E-state index < -0.39 is 35.9 Å². The first kappa shape index (κ1) is 17.9. The van der Waals surface area contributed by atoms with Crippen molar-refractivity contribution in [3.05, 3.63) is 28.2 Å². The zero-order valence-electron chi connectivity index (χ0n) is 12.9. The van der Waals surface area contributed by atoms with Gasteiger partial charge in [-0.15, -0.1) is 0 Å². The highest BCUT2D eigenvalue weighted by molar-refractivity contribution is 5.04. The average Bonchev–Trinajstić information content (AvgIpc) is 2.71. The highest BCUT2D eigenvalue weighted by Crippen LogP contribution is 2.42. The number of halogens is 3. The molecule has 1 aromatic rings. The first-order valence-electron chi connectivity index (χ1n) is 7.46. The summed E-state index contributed by atoms with van der Waals surface area (Å²) in [5, 5.41) is 12.7. The molecular formula is C14H20F3N3O3. The zero-order valence-corrected chi connectivity index (χ0v) is 12.9. The van der Waals surface area contributed by atoms with Crippen LogP contribution in [0.1, 0.15) is 31.7 Å². The lowest BCUT2D eigenvalue weighted by atomic mass is 10.1. The van der Waals surface area contributed by atoms with E-state index in [2.05, 4.69) is 10.3 Å². The Balaban J connectivity index is 2.19. The van der Waals surface area contributed by atoms with Gasteiger partial charge in [0.2, 0.25) is 6.23 Å². The summed E-state index contributed by atoms with van der Waals surface area (Å²) in [7, 11) is 0. The molecule has 0 saturated carbocycles. The summed E-state index contributed by atoms with van der Waals surface area (Å²) in [5.74, 6) is -4.63. The van der Waals surface area contributed by atoms with Crippen LogP contribution in [0.3, 0.4) is 0 Å². The molecule has 0 bridgehead atoms. The van der Waals surface area contributed by atoms with Crippen LogP contribution in [-0.2, 0) is 4.74 Å². The molecule has 2 heterocycles. The van der Waals surface area contributed by atoms with E-state index >= 15 is 0 Å². The van der Waals surface area contributed by atoms with E-state index in [1.165, 1.54) is 6.92 Å². The lowest BCUT2D eigenvalue weighted by molar-refractivity contribution is -0.141. The van der Waals surface area contributed by atoms with E-state index in [1.54, 1.807) is 0 Å². The fourth-order valence-electron chi connectivity index (χ4n) is 2.37. The van der Waals surface area contributed by atoms with Gasteiger partial charge in [0.1, 0.15) is 12.2 Å². The summed E-state index contributed by atoms with van der Waals surface area (Å²) in [6.45, 7) is 3.84. The predicted molar refractivity (Wildman–Crippen MR) is 75.8 cm³/mol. The van der Waals surface area contributed by atoms with Gasteiger partial charge in [-0.2, -0.15) is 13.8 Å². The topological polar surface area (TPSA) is 76.4 Å². The summed E-state index contributed by atoms with van der Waals surface area (Å²) < 4.78 is 47.5. The SMILES string of the molecule is CCCCNC[C@H]1O[C@@H](n2cc(F)c(C)nc2=O)C(F)(F)[C@@H]1O. The lowest BCUT2D eigenvalue weighted by Crippen LogP contribution is -2.43. The fraction of sp³-hybridized carbons (Fsp3) is 0.714. The summed E-state index contributed by atoms with van der Waals surface area (Å²) in [6, 6.07) is 0. The summed E-state index contributed by atoms with van der Waals surface area (Å²) in [6.07, 6.45) is -2.98. The number of nitrogens with one attached hydrogen (secondary N) is 1. The highest BCUT2D eigenvalue weighted by Gasteiger charge is 2.59. The van der Waals surface area contributed by atoms with E-state index in [1.807, 2.05) is 6.92 Å². The Morgan fingerprint density at radius 3 is 2.87 bits per heavy atom. The van der Waals surface area contributed by atoms with Crippen molar-refractivity contribution in [3.63, 3.8) is 0 Å². The number of aliphatic hydroxyl groups is 1. The number of hydrogen-bond acceptors (Lipinski definition) is 5. The summed E-state index contributed by atoms with van der Waals surface area (Å²) in [5.41, 5.74) is -1.24. The van der Waals surface area contributed by atoms with Gasteiger partial charge in [-0.1, -0.05) is 13.3 Å². The smallest absolute Gasteiger partial charge is 0.350 e. The molecule has 0 aliphatic carbocycles. The molecule has 0 amide bonds. The maximum absolute atomic E-state index is 14.2.